The molecule has 6 nitrogen and oxygen atoms in total. The van der Waals surface area contributed by atoms with Crippen LogP contribution in [0.5, 0.6) is 0 Å². The van der Waals surface area contributed by atoms with Crippen LogP contribution in [0.2, 0.25) is 0 Å². The molecule has 0 aromatic heterocycles. The van der Waals surface area contributed by atoms with Crippen LogP contribution < -0.4 is 10.5 Å². The van der Waals surface area contributed by atoms with E-state index in [-0.39, 0.29) is 28.8 Å². The molecule has 0 saturated heterocycles. The first-order chi connectivity index (χ1) is 9.93. The number of rotatable bonds is 6. The van der Waals surface area contributed by atoms with Gasteiger partial charge in [-0.2, -0.15) is 0 Å². The van der Waals surface area contributed by atoms with Gasteiger partial charge in [0.15, 0.2) is 0 Å². The van der Waals surface area contributed by atoms with E-state index < -0.39 is 27.4 Å². The third-order valence-corrected chi connectivity index (χ3v) is 7.34. The van der Waals surface area contributed by atoms with Crippen molar-refractivity contribution in [3.8, 4) is 0 Å². The summed E-state index contributed by atoms with van der Waals surface area (Å²) in [5.74, 6) is -0.893. The molecule has 2 aliphatic carbocycles. The fraction of sp³-hybridized carbons (Fsp3) is 0.867. The number of nitrogens with two attached hydrogens (primary N) is 1. The van der Waals surface area contributed by atoms with Crippen LogP contribution >= 0.6 is 0 Å². The van der Waals surface area contributed by atoms with Gasteiger partial charge in [-0.05, 0) is 30.1 Å². The number of amides is 1. The maximum absolute atomic E-state index is 12.6. The van der Waals surface area contributed by atoms with Gasteiger partial charge in [0.1, 0.15) is 11.8 Å². The van der Waals surface area contributed by atoms with Gasteiger partial charge in [0.05, 0.1) is 5.75 Å². The van der Waals surface area contributed by atoms with Crippen LogP contribution in [-0.4, -0.2) is 31.9 Å². The standard InChI is InChI=1S/C15H26N2O4S/c1-9(2)12(13(16)19)17-22(20,21)8-15-6-5-10(7-11(15)18)14(15,3)4/h9-10,12,17H,5-8H2,1-4H3,(H2,16,19)/t10-,12+,15-/m0/s1. The quantitative estimate of drug-likeness (QED) is 0.751. The Kier molecular flexibility index (Phi) is 4.19. The van der Waals surface area contributed by atoms with E-state index in [0.717, 1.165) is 6.42 Å². The van der Waals surface area contributed by atoms with Crippen molar-refractivity contribution in [2.75, 3.05) is 5.75 Å². The van der Waals surface area contributed by atoms with Gasteiger partial charge in [0.2, 0.25) is 15.9 Å². The minimum absolute atomic E-state index is 0.0410. The third-order valence-electron chi connectivity index (χ3n) is 5.86. The second kappa shape index (κ2) is 5.30. The van der Waals surface area contributed by atoms with Crippen molar-refractivity contribution in [2.24, 2.45) is 28.4 Å². The van der Waals surface area contributed by atoms with Crippen LogP contribution in [0.25, 0.3) is 0 Å². The number of primary amides is 1. The van der Waals surface area contributed by atoms with Gasteiger partial charge in [-0.15, -0.1) is 0 Å². The predicted molar refractivity (Wildman–Crippen MR) is 83.3 cm³/mol. The lowest BCUT2D eigenvalue weighted by Gasteiger charge is -2.36. The number of fused-ring (bicyclic) bond motifs is 2. The first-order valence-corrected chi connectivity index (χ1v) is 9.41. The summed E-state index contributed by atoms with van der Waals surface area (Å²) in [5, 5.41) is 0. The number of carbonyl (C=O) groups excluding carboxylic acids is 2. The number of carbonyl (C=O) groups is 2. The van der Waals surface area contributed by atoms with Gasteiger partial charge in [-0.25, -0.2) is 13.1 Å². The number of nitrogens with one attached hydrogen (secondary N) is 1. The average molecular weight is 330 g/mol. The Bertz CT molecular complexity index is 597. The molecule has 0 aromatic rings. The van der Waals surface area contributed by atoms with Crippen LogP contribution in [-0.2, 0) is 19.6 Å². The SMILES string of the molecule is CC(C)[C@@H](NS(=O)(=O)C[C@@]12CC[C@@H](CC1=O)C2(C)C)C(N)=O. The lowest BCUT2D eigenvalue weighted by Crippen LogP contribution is -2.52. The monoisotopic (exact) mass is 330 g/mol. The van der Waals surface area contributed by atoms with Crippen LogP contribution in [0.1, 0.15) is 47.0 Å². The van der Waals surface area contributed by atoms with Gasteiger partial charge in [-0.3, -0.25) is 9.59 Å². The Morgan fingerprint density at radius 2 is 2.00 bits per heavy atom. The van der Waals surface area contributed by atoms with Crippen molar-refractivity contribution in [3.63, 3.8) is 0 Å². The molecule has 0 heterocycles. The highest BCUT2D eigenvalue weighted by Crippen LogP contribution is 2.64. The smallest absolute Gasteiger partial charge is 0.235 e. The first kappa shape index (κ1) is 17.4. The molecule has 22 heavy (non-hydrogen) atoms. The Morgan fingerprint density at radius 3 is 2.36 bits per heavy atom. The molecule has 2 bridgehead atoms. The van der Waals surface area contributed by atoms with Crippen molar-refractivity contribution in [3.05, 3.63) is 0 Å². The molecule has 7 heteroatoms. The summed E-state index contributed by atoms with van der Waals surface area (Å²) in [6.07, 6.45) is 1.96. The van der Waals surface area contributed by atoms with Crippen LogP contribution in [0.3, 0.4) is 0 Å². The lowest BCUT2D eigenvalue weighted by molar-refractivity contribution is -0.128. The van der Waals surface area contributed by atoms with Crippen LogP contribution in [0.15, 0.2) is 0 Å². The molecule has 0 aromatic carbocycles. The van der Waals surface area contributed by atoms with Crippen molar-refractivity contribution < 1.29 is 18.0 Å². The fourth-order valence-electron chi connectivity index (χ4n) is 4.19. The molecular formula is C15H26N2O4S. The molecule has 3 atom stereocenters. The van der Waals surface area contributed by atoms with E-state index in [1.807, 2.05) is 13.8 Å². The molecule has 2 rings (SSSR count). The Morgan fingerprint density at radius 1 is 1.41 bits per heavy atom. The lowest BCUT2D eigenvalue weighted by atomic mass is 9.70. The molecule has 0 spiro atoms. The van der Waals surface area contributed by atoms with E-state index in [9.17, 15) is 18.0 Å². The zero-order valence-corrected chi connectivity index (χ0v) is 14.5. The highest BCUT2D eigenvalue weighted by Gasteiger charge is 2.65. The number of Topliss-reactive ketones (excluding diaryl/α,β-unsaturated/α-hetero) is 1. The molecule has 1 amide bonds. The summed E-state index contributed by atoms with van der Waals surface area (Å²) in [6, 6.07) is -0.946. The van der Waals surface area contributed by atoms with E-state index >= 15 is 0 Å². The number of hydrogen-bond donors (Lipinski definition) is 2. The Hall–Kier alpha value is -0.950. The molecule has 2 fully saturated rings. The van der Waals surface area contributed by atoms with E-state index in [2.05, 4.69) is 4.72 Å². The second-order valence-electron chi connectivity index (χ2n) is 7.67. The maximum atomic E-state index is 12.6. The molecule has 2 aliphatic rings. The topological polar surface area (TPSA) is 106 Å². The summed E-state index contributed by atoms with van der Waals surface area (Å²) in [4.78, 5) is 23.9. The molecule has 3 N–H and O–H groups in total. The summed E-state index contributed by atoms with van der Waals surface area (Å²) < 4.78 is 27.5. The van der Waals surface area contributed by atoms with Gasteiger partial charge >= 0.3 is 0 Å². The van der Waals surface area contributed by atoms with Crippen molar-refractivity contribution >= 4 is 21.7 Å². The predicted octanol–water partition coefficient (Wildman–Crippen LogP) is 0.811. The van der Waals surface area contributed by atoms with Crippen molar-refractivity contribution in [1.29, 1.82) is 0 Å². The first-order valence-electron chi connectivity index (χ1n) is 7.75. The summed E-state index contributed by atoms with van der Waals surface area (Å²) in [5.41, 5.74) is 4.12. The van der Waals surface area contributed by atoms with E-state index in [1.54, 1.807) is 13.8 Å². The van der Waals surface area contributed by atoms with Gasteiger partial charge < -0.3 is 5.73 Å². The largest absolute Gasteiger partial charge is 0.368 e. The zero-order valence-electron chi connectivity index (χ0n) is 13.7. The molecular weight excluding hydrogens is 304 g/mol. The van der Waals surface area contributed by atoms with Crippen LogP contribution in [0, 0.1) is 22.7 Å². The summed E-state index contributed by atoms with van der Waals surface area (Å²) >= 11 is 0. The Balaban J connectivity index is 2.25. The van der Waals surface area contributed by atoms with Crippen LogP contribution in [0.4, 0.5) is 0 Å². The highest BCUT2D eigenvalue weighted by atomic mass is 32.2. The van der Waals surface area contributed by atoms with Crippen molar-refractivity contribution in [2.45, 2.75) is 53.0 Å². The third kappa shape index (κ3) is 2.58. The molecule has 0 unspecified atom stereocenters. The normalized spacial score (nSPS) is 31.7. The summed E-state index contributed by atoms with van der Waals surface area (Å²) in [6.45, 7) is 7.43. The average Bonchev–Trinajstić information content (AvgIpc) is 2.68. The second-order valence-corrected chi connectivity index (χ2v) is 9.42. The van der Waals surface area contributed by atoms with E-state index in [4.69, 9.17) is 5.73 Å². The maximum Gasteiger partial charge on any atom is 0.235 e. The van der Waals surface area contributed by atoms with Gasteiger partial charge in [0, 0.05) is 11.8 Å². The molecule has 0 radical (unpaired) electrons. The van der Waals surface area contributed by atoms with E-state index in [0.29, 0.717) is 12.8 Å². The highest BCUT2D eigenvalue weighted by molar-refractivity contribution is 7.89. The summed E-state index contributed by atoms with van der Waals surface area (Å²) in [7, 11) is -3.77. The number of hydrogen-bond acceptors (Lipinski definition) is 4. The fourth-order valence-corrected chi connectivity index (χ4v) is 6.38. The van der Waals surface area contributed by atoms with Gasteiger partial charge in [-0.1, -0.05) is 27.7 Å². The van der Waals surface area contributed by atoms with Crippen molar-refractivity contribution in [1.82, 2.24) is 4.72 Å². The zero-order chi connectivity index (χ0) is 16.9. The molecule has 0 aliphatic heterocycles. The minimum Gasteiger partial charge on any atom is -0.368 e. The molecule has 2 saturated carbocycles. The Labute approximate surface area is 132 Å². The minimum atomic E-state index is -3.77. The van der Waals surface area contributed by atoms with E-state index in [1.165, 1.54) is 0 Å². The van der Waals surface area contributed by atoms with Gasteiger partial charge in [0.25, 0.3) is 0 Å². The molecule has 126 valence electrons. The number of ketones is 1. The number of sulfonamides is 1.